The molecule has 3 aromatic rings. The molecule has 5 rings (SSSR count). The van der Waals surface area contributed by atoms with E-state index in [-0.39, 0.29) is 53.7 Å². The second-order valence-corrected chi connectivity index (χ2v) is 13.7. The fourth-order valence-corrected chi connectivity index (χ4v) is 6.62. The van der Waals surface area contributed by atoms with Gasteiger partial charge in [-0.15, -0.1) is 11.8 Å². The van der Waals surface area contributed by atoms with E-state index in [1.54, 1.807) is 62.3 Å². The number of ether oxygens (including phenoxy) is 1. The van der Waals surface area contributed by atoms with E-state index in [1.165, 1.54) is 4.90 Å². The maximum absolute atomic E-state index is 14.3. The van der Waals surface area contributed by atoms with Gasteiger partial charge >= 0.3 is 0 Å². The highest BCUT2D eigenvalue weighted by Crippen LogP contribution is 2.33. The van der Waals surface area contributed by atoms with Crippen LogP contribution in [0, 0.1) is 5.82 Å². The molecule has 1 atom stereocenters. The van der Waals surface area contributed by atoms with Gasteiger partial charge in [-0.1, -0.05) is 18.2 Å². The van der Waals surface area contributed by atoms with Crippen LogP contribution in [0.1, 0.15) is 48.5 Å². The van der Waals surface area contributed by atoms with Crippen LogP contribution in [0.4, 0.5) is 4.39 Å². The molecule has 3 amide bonds. The zero-order valence-electron chi connectivity index (χ0n) is 27.5. The summed E-state index contributed by atoms with van der Waals surface area (Å²) in [5.41, 5.74) is 2.38. The van der Waals surface area contributed by atoms with Crippen molar-refractivity contribution in [3.05, 3.63) is 71.7 Å². The number of halogens is 1. The molecule has 0 bridgehead atoms. The first-order valence-electron chi connectivity index (χ1n) is 15.9. The van der Waals surface area contributed by atoms with Gasteiger partial charge in [-0.2, -0.15) is 0 Å². The smallest absolute Gasteiger partial charge is 0.257 e. The average Bonchev–Trinajstić information content (AvgIpc) is 3.49. The van der Waals surface area contributed by atoms with E-state index in [0.29, 0.717) is 43.7 Å². The molecule has 1 saturated carbocycles. The second kappa shape index (κ2) is 15.6. The Hall–Kier alpha value is -4.49. The van der Waals surface area contributed by atoms with Crippen LogP contribution >= 0.6 is 11.8 Å². The van der Waals surface area contributed by atoms with Gasteiger partial charge in [0.2, 0.25) is 17.7 Å². The third-order valence-corrected chi connectivity index (χ3v) is 9.36. The first-order valence-corrected chi connectivity index (χ1v) is 16.9. The van der Waals surface area contributed by atoms with Crippen LogP contribution in [0.5, 0.6) is 17.4 Å². The molecule has 0 spiro atoms. The molecule has 0 radical (unpaired) electrons. The Kier molecular flexibility index (Phi) is 11.3. The number of aromatic nitrogens is 1. The lowest BCUT2D eigenvalue weighted by atomic mass is 9.90. The highest BCUT2D eigenvalue weighted by Gasteiger charge is 2.29. The molecule has 1 fully saturated rings. The number of benzene rings is 2. The summed E-state index contributed by atoms with van der Waals surface area (Å²) in [6.45, 7) is 2.51. The topological polar surface area (TPSA) is 136 Å². The zero-order chi connectivity index (χ0) is 34.4. The third kappa shape index (κ3) is 9.10. The van der Waals surface area contributed by atoms with E-state index in [4.69, 9.17) is 4.74 Å². The summed E-state index contributed by atoms with van der Waals surface area (Å²) in [5, 5.41) is 17.2. The van der Waals surface area contributed by atoms with Crippen molar-refractivity contribution in [2.24, 2.45) is 4.99 Å². The Balaban J connectivity index is 1.25. The van der Waals surface area contributed by atoms with Crippen molar-refractivity contribution in [3.63, 3.8) is 0 Å². The SMILES string of the molecule is CC1=NC(C(=O)N[C@H]2CC[C@@H](NC(=O)c3cc(F)cnc3Oc3cccc(-c4ccc(O)cc4CN(C)CC(=O)N(C)C)c3)CC2)CS1. The van der Waals surface area contributed by atoms with E-state index in [0.717, 1.165) is 34.0 Å². The highest BCUT2D eigenvalue weighted by atomic mass is 32.2. The van der Waals surface area contributed by atoms with Crippen LogP contribution < -0.4 is 15.4 Å². The molecular weight excluding hydrogens is 635 g/mol. The molecule has 2 aromatic carbocycles. The highest BCUT2D eigenvalue weighted by molar-refractivity contribution is 8.14. The van der Waals surface area contributed by atoms with Crippen molar-refractivity contribution in [3.8, 4) is 28.5 Å². The number of nitrogens with zero attached hydrogens (tertiary/aromatic N) is 4. The number of nitrogens with one attached hydrogen (secondary N) is 2. The molecule has 0 saturated heterocycles. The van der Waals surface area contributed by atoms with E-state index in [1.807, 2.05) is 24.9 Å². The number of carbonyl (C=O) groups is 3. The fraction of sp³-hybridized carbons (Fsp3) is 0.400. The average molecular weight is 677 g/mol. The number of carbonyl (C=O) groups excluding carboxylic acids is 3. The van der Waals surface area contributed by atoms with E-state index >= 15 is 0 Å². The summed E-state index contributed by atoms with van der Waals surface area (Å²) in [5.74, 6) is -0.153. The number of amides is 3. The van der Waals surface area contributed by atoms with E-state index in [9.17, 15) is 23.9 Å². The maximum Gasteiger partial charge on any atom is 0.257 e. The van der Waals surface area contributed by atoms with E-state index < -0.39 is 11.7 Å². The van der Waals surface area contributed by atoms with Gasteiger partial charge < -0.3 is 25.4 Å². The van der Waals surface area contributed by atoms with Gasteiger partial charge in [-0.05, 0) is 86.7 Å². The fourth-order valence-electron chi connectivity index (χ4n) is 5.79. The summed E-state index contributed by atoms with van der Waals surface area (Å²) in [4.78, 5) is 50.0. The van der Waals surface area contributed by atoms with Crippen LogP contribution in [0.25, 0.3) is 11.1 Å². The number of hydrogen-bond acceptors (Lipinski definition) is 9. The Morgan fingerprint density at radius 2 is 1.75 bits per heavy atom. The van der Waals surface area contributed by atoms with Crippen molar-refractivity contribution < 1.29 is 28.6 Å². The van der Waals surface area contributed by atoms with Crippen LogP contribution in [-0.4, -0.2) is 94.2 Å². The number of aliphatic imine (C=N–C) groups is 1. The monoisotopic (exact) mass is 676 g/mol. The number of phenols is 1. The number of phenolic OH excluding ortho intramolecular Hbond substituents is 1. The van der Waals surface area contributed by atoms with Crippen LogP contribution in [0.15, 0.2) is 59.7 Å². The summed E-state index contributed by atoms with van der Waals surface area (Å²) in [7, 11) is 5.24. The van der Waals surface area contributed by atoms with Gasteiger partial charge in [0.15, 0.2) is 0 Å². The van der Waals surface area contributed by atoms with Gasteiger partial charge in [0.25, 0.3) is 5.91 Å². The van der Waals surface area contributed by atoms with Crippen molar-refractivity contribution in [1.29, 1.82) is 0 Å². The Bertz CT molecular complexity index is 1690. The zero-order valence-corrected chi connectivity index (χ0v) is 28.3. The first kappa shape index (κ1) is 34.8. The molecule has 13 heteroatoms. The number of aromatic hydroxyl groups is 1. The van der Waals surface area contributed by atoms with Crippen LogP contribution in [-0.2, 0) is 16.1 Å². The van der Waals surface area contributed by atoms with Crippen molar-refractivity contribution in [2.75, 3.05) is 33.4 Å². The lowest BCUT2D eigenvalue weighted by Gasteiger charge is -2.30. The predicted octanol–water partition coefficient (Wildman–Crippen LogP) is 4.60. The molecule has 11 nitrogen and oxygen atoms in total. The summed E-state index contributed by atoms with van der Waals surface area (Å²) < 4.78 is 20.4. The molecule has 1 unspecified atom stereocenters. The third-order valence-electron chi connectivity index (χ3n) is 8.35. The lowest BCUT2D eigenvalue weighted by Crippen LogP contribution is -2.46. The molecule has 1 aliphatic heterocycles. The summed E-state index contributed by atoms with van der Waals surface area (Å²) in [6.07, 6.45) is 3.73. The Labute approximate surface area is 284 Å². The Morgan fingerprint density at radius 1 is 1.02 bits per heavy atom. The van der Waals surface area contributed by atoms with Gasteiger partial charge in [0, 0.05) is 38.5 Å². The molecular formula is C35H41FN6O5S. The normalized spacial score (nSPS) is 19.0. The molecule has 1 aromatic heterocycles. The molecule has 1 aliphatic carbocycles. The maximum atomic E-state index is 14.3. The summed E-state index contributed by atoms with van der Waals surface area (Å²) in [6, 6.07) is 12.9. The van der Waals surface area contributed by atoms with Crippen molar-refractivity contribution >= 4 is 34.5 Å². The van der Waals surface area contributed by atoms with Crippen molar-refractivity contribution in [2.45, 2.75) is 57.3 Å². The number of likely N-dealkylation sites (N-methyl/N-ethyl adjacent to an activating group) is 2. The number of hydrogen-bond donors (Lipinski definition) is 3. The first-order chi connectivity index (χ1) is 22.9. The van der Waals surface area contributed by atoms with Crippen LogP contribution in [0.3, 0.4) is 0 Å². The molecule has 48 heavy (non-hydrogen) atoms. The van der Waals surface area contributed by atoms with Crippen LogP contribution in [0.2, 0.25) is 0 Å². The largest absolute Gasteiger partial charge is 0.508 e. The molecule has 2 heterocycles. The minimum absolute atomic E-state index is 0.0174. The minimum Gasteiger partial charge on any atom is -0.508 e. The quantitative estimate of drug-likeness (QED) is 0.268. The van der Waals surface area contributed by atoms with Gasteiger partial charge in [0.05, 0.1) is 17.8 Å². The van der Waals surface area contributed by atoms with E-state index in [2.05, 4.69) is 20.6 Å². The van der Waals surface area contributed by atoms with Crippen molar-refractivity contribution in [1.82, 2.24) is 25.4 Å². The Morgan fingerprint density at radius 3 is 2.44 bits per heavy atom. The molecule has 254 valence electrons. The number of thioether (sulfide) groups is 1. The van der Waals surface area contributed by atoms with Gasteiger partial charge in [0.1, 0.15) is 28.9 Å². The molecule has 2 aliphatic rings. The standard InChI is InChI=1S/C35H41FN6O5S/c1-21-38-31(20-48-21)34(46)40-26-10-8-25(9-11-26)39-33(45)30-16-24(36)17-37-35(30)47-28-7-5-6-22(15-28)29-13-12-27(43)14-23(29)18-42(4)19-32(44)41(2)3/h5-7,12-17,25-26,31,43H,8-11,18-20H2,1-4H3,(H,39,45)(H,40,46)/t25-,26+,31?. The van der Waals surface area contributed by atoms with Gasteiger partial charge in [-0.3, -0.25) is 24.3 Å². The predicted molar refractivity (Wildman–Crippen MR) is 184 cm³/mol. The minimum atomic E-state index is -0.666. The van der Waals surface area contributed by atoms with Gasteiger partial charge in [-0.25, -0.2) is 9.37 Å². The second-order valence-electron chi connectivity index (χ2n) is 12.4. The molecule has 3 N–H and O–H groups in total. The summed E-state index contributed by atoms with van der Waals surface area (Å²) >= 11 is 1.59. The lowest BCUT2D eigenvalue weighted by molar-refractivity contribution is -0.129. The number of pyridine rings is 1. The number of rotatable bonds is 11.